The third kappa shape index (κ3) is 3.21. The molecule has 0 unspecified atom stereocenters. The normalized spacial score (nSPS) is 10.4. The molecular weight excluding hydrogens is 283 g/mol. The third-order valence-corrected chi connectivity index (χ3v) is 3.03. The predicted molar refractivity (Wildman–Crippen MR) is 74.7 cm³/mol. The molecule has 3 nitrogen and oxygen atoms in total. The van der Waals surface area contributed by atoms with Gasteiger partial charge < -0.3 is 14.6 Å². The Bertz CT molecular complexity index is 576. The number of aliphatic hydroxyl groups is 1. The van der Waals surface area contributed by atoms with Crippen molar-refractivity contribution in [2.45, 2.75) is 13.2 Å². The van der Waals surface area contributed by atoms with Crippen LogP contribution >= 0.6 is 11.6 Å². The lowest BCUT2D eigenvalue weighted by atomic mass is 10.2. The Balaban J connectivity index is 2.27. The molecule has 0 aliphatic heterocycles. The Morgan fingerprint density at radius 2 is 1.95 bits per heavy atom. The van der Waals surface area contributed by atoms with E-state index in [-0.39, 0.29) is 19.0 Å². The SMILES string of the molecule is COc1cc(Cl)cc(CO)c1OCc1ccccc1F. The van der Waals surface area contributed by atoms with Crippen LogP contribution < -0.4 is 9.47 Å². The van der Waals surface area contributed by atoms with Gasteiger partial charge in [-0.3, -0.25) is 0 Å². The fraction of sp³-hybridized carbons (Fsp3) is 0.200. The molecule has 2 aromatic rings. The summed E-state index contributed by atoms with van der Waals surface area (Å²) >= 11 is 5.92. The summed E-state index contributed by atoms with van der Waals surface area (Å²) in [7, 11) is 1.47. The molecule has 0 aliphatic carbocycles. The average molecular weight is 297 g/mol. The van der Waals surface area contributed by atoms with Crippen molar-refractivity contribution in [3.63, 3.8) is 0 Å². The van der Waals surface area contributed by atoms with Crippen molar-refractivity contribution in [2.75, 3.05) is 7.11 Å². The van der Waals surface area contributed by atoms with E-state index in [1.165, 1.54) is 13.2 Å². The monoisotopic (exact) mass is 296 g/mol. The van der Waals surface area contributed by atoms with Gasteiger partial charge in [-0.1, -0.05) is 29.8 Å². The van der Waals surface area contributed by atoms with E-state index in [0.29, 0.717) is 27.6 Å². The minimum Gasteiger partial charge on any atom is -0.493 e. The summed E-state index contributed by atoms with van der Waals surface area (Å²) in [6.45, 7) is -0.207. The molecule has 2 rings (SSSR count). The van der Waals surface area contributed by atoms with Crippen LogP contribution in [0.1, 0.15) is 11.1 Å². The van der Waals surface area contributed by atoms with Crippen LogP contribution in [0.5, 0.6) is 11.5 Å². The van der Waals surface area contributed by atoms with E-state index in [9.17, 15) is 9.50 Å². The fourth-order valence-corrected chi connectivity index (χ4v) is 2.05. The third-order valence-electron chi connectivity index (χ3n) is 2.82. The highest BCUT2D eigenvalue weighted by Gasteiger charge is 2.13. The van der Waals surface area contributed by atoms with Crippen molar-refractivity contribution >= 4 is 11.6 Å². The van der Waals surface area contributed by atoms with E-state index in [1.807, 2.05) is 0 Å². The summed E-state index contributed by atoms with van der Waals surface area (Å²) in [6.07, 6.45) is 0. The van der Waals surface area contributed by atoms with Gasteiger partial charge in [-0.25, -0.2) is 4.39 Å². The van der Waals surface area contributed by atoms with Gasteiger partial charge in [-0.05, 0) is 12.1 Å². The predicted octanol–water partition coefficient (Wildman–Crippen LogP) is 3.56. The van der Waals surface area contributed by atoms with Gasteiger partial charge in [0, 0.05) is 22.2 Å². The van der Waals surface area contributed by atoms with Crippen LogP contribution in [-0.2, 0) is 13.2 Å². The lowest BCUT2D eigenvalue weighted by Gasteiger charge is -2.15. The molecule has 0 fully saturated rings. The van der Waals surface area contributed by atoms with E-state index in [4.69, 9.17) is 21.1 Å². The van der Waals surface area contributed by atoms with Crippen LogP contribution in [0.3, 0.4) is 0 Å². The Morgan fingerprint density at radius 1 is 1.20 bits per heavy atom. The van der Waals surface area contributed by atoms with Gasteiger partial charge in [0.25, 0.3) is 0 Å². The van der Waals surface area contributed by atoms with E-state index in [0.717, 1.165) is 0 Å². The minimum absolute atomic E-state index is 0.0394. The maximum atomic E-state index is 13.5. The smallest absolute Gasteiger partial charge is 0.167 e. The highest BCUT2D eigenvalue weighted by Crippen LogP contribution is 2.35. The minimum atomic E-state index is -0.342. The number of ether oxygens (including phenoxy) is 2. The summed E-state index contributed by atoms with van der Waals surface area (Å²) < 4.78 is 24.3. The molecule has 1 N–H and O–H groups in total. The number of methoxy groups -OCH3 is 1. The second-order valence-corrected chi connectivity index (χ2v) is 4.57. The van der Waals surface area contributed by atoms with Crippen LogP contribution in [0.25, 0.3) is 0 Å². The van der Waals surface area contributed by atoms with Crippen LogP contribution in [0, 0.1) is 5.82 Å². The van der Waals surface area contributed by atoms with Crippen LogP contribution in [0.4, 0.5) is 4.39 Å². The number of hydrogen-bond donors (Lipinski definition) is 1. The van der Waals surface area contributed by atoms with E-state index < -0.39 is 0 Å². The highest BCUT2D eigenvalue weighted by atomic mass is 35.5. The number of benzene rings is 2. The molecule has 5 heteroatoms. The summed E-state index contributed by atoms with van der Waals surface area (Å²) in [6, 6.07) is 9.51. The molecule has 0 amide bonds. The maximum Gasteiger partial charge on any atom is 0.167 e. The highest BCUT2D eigenvalue weighted by molar-refractivity contribution is 6.30. The second-order valence-electron chi connectivity index (χ2n) is 4.13. The molecule has 0 radical (unpaired) electrons. The maximum absolute atomic E-state index is 13.5. The zero-order valence-electron chi connectivity index (χ0n) is 10.9. The van der Waals surface area contributed by atoms with E-state index >= 15 is 0 Å². The second kappa shape index (κ2) is 6.59. The van der Waals surface area contributed by atoms with Gasteiger partial charge >= 0.3 is 0 Å². The fourth-order valence-electron chi connectivity index (χ4n) is 1.82. The first kappa shape index (κ1) is 14.6. The molecule has 0 aliphatic rings. The van der Waals surface area contributed by atoms with Gasteiger partial charge in [-0.2, -0.15) is 0 Å². The van der Waals surface area contributed by atoms with Crippen molar-refractivity contribution in [3.8, 4) is 11.5 Å². The Hall–Kier alpha value is -1.78. The molecule has 0 aromatic heterocycles. The molecule has 0 atom stereocenters. The zero-order chi connectivity index (χ0) is 14.5. The van der Waals surface area contributed by atoms with Gasteiger partial charge in [0.15, 0.2) is 11.5 Å². The summed E-state index contributed by atoms with van der Waals surface area (Å²) in [4.78, 5) is 0. The van der Waals surface area contributed by atoms with Crippen molar-refractivity contribution in [2.24, 2.45) is 0 Å². The van der Waals surface area contributed by atoms with Crippen molar-refractivity contribution in [1.82, 2.24) is 0 Å². The quantitative estimate of drug-likeness (QED) is 0.917. The molecule has 0 saturated heterocycles. The summed E-state index contributed by atoms with van der Waals surface area (Å²) in [5, 5.41) is 9.78. The molecule has 2 aromatic carbocycles. The molecular formula is C15H14ClFO3. The standard InChI is InChI=1S/C15H14ClFO3/c1-19-14-7-12(16)6-11(8-18)15(14)20-9-10-4-2-3-5-13(10)17/h2-7,18H,8-9H2,1H3. The number of aliphatic hydroxyl groups excluding tert-OH is 1. The van der Waals surface area contributed by atoms with E-state index in [2.05, 4.69) is 0 Å². The lowest BCUT2D eigenvalue weighted by molar-refractivity contribution is 0.248. The van der Waals surface area contributed by atoms with Crippen molar-refractivity contribution in [1.29, 1.82) is 0 Å². The molecule has 0 spiro atoms. The molecule has 20 heavy (non-hydrogen) atoms. The Labute approximate surface area is 121 Å². The zero-order valence-corrected chi connectivity index (χ0v) is 11.7. The van der Waals surface area contributed by atoms with Crippen LogP contribution in [-0.4, -0.2) is 12.2 Å². The first-order chi connectivity index (χ1) is 9.65. The van der Waals surface area contributed by atoms with Gasteiger partial charge in [0.1, 0.15) is 12.4 Å². The number of halogens is 2. The molecule has 0 saturated carbocycles. The Kier molecular flexibility index (Phi) is 4.82. The van der Waals surface area contributed by atoms with Gasteiger partial charge in [0.2, 0.25) is 0 Å². The first-order valence-corrected chi connectivity index (χ1v) is 6.37. The van der Waals surface area contributed by atoms with Crippen LogP contribution in [0.2, 0.25) is 5.02 Å². The number of rotatable bonds is 5. The van der Waals surface area contributed by atoms with E-state index in [1.54, 1.807) is 30.3 Å². The van der Waals surface area contributed by atoms with Crippen molar-refractivity contribution in [3.05, 3.63) is 58.4 Å². The largest absolute Gasteiger partial charge is 0.493 e. The average Bonchev–Trinajstić information content (AvgIpc) is 2.46. The summed E-state index contributed by atoms with van der Waals surface area (Å²) in [5.74, 6) is 0.423. The molecule has 0 heterocycles. The van der Waals surface area contributed by atoms with Crippen LogP contribution in [0.15, 0.2) is 36.4 Å². The molecule has 106 valence electrons. The topological polar surface area (TPSA) is 38.7 Å². The number of hydrogen-bond acceptors (Lipinski definition) is 3. The molecule has 0 bridgehead atoms. The van der Waals surface area contributed by atoms with Gasteiger partial charge in [0.05, 0.1) is 13.7 Å². The summed E-state index contributed by atoms with van der Waals surface area (Å²) in [5.41, 5.74) is 0.916. The lowest BCUT2D eigenvalue weighted by Crippen LogP contribution is -2.03. The Morgan fingerprint density at radius 3 is 2.60 bits per heavy atom. The first-order valence-electron chi connectivity index (χ1n) is 5.99. The van der Waals surface area contributed by atoms with Crippen molar-refractivity contribution < 1.29 is 19.0 Å². The van der Waals surface area contributed by atoms with Gasteiger partial charge in [-0.15, -0.1) is 0 Å².